The van der Waals surface area contributed by atoms with Crippen molar-refractivity contribution in [2.75, 3.05) is 25.4 Å². The van der Waals surface area contributed by atoms with E-state index in [9.17, 15) is 9.59 Å². The quantitative estimate of drug-likeness (QED) is 0.535. The summed E-state index contributed by atoms with van der Waals surface area (Å²) in [6, 6.07) is 3.79. The van der Waals surface area contributed by atoms with E-state index in [1.807, 2.05) is 12.1 Å². The number of hydrogen-bond donors (Lipinski definition) is 2. The second-order valence-corrected chi connectivity index (χ2v) is 7.10. The fourth-order valence-electron chi connectivity index (χ4n) is 2.87. The highest BCUT2D eigenvalue weighted by atomic mass is 32.2. The topological polar surface area (TPSA) is 96.2 Å². The number of carbonyl (C=O) groups is 1. The Morgan fingerprint density at radius 2 is 2.19 bits per heavy atom. The van der Waals surface area contributed by atoms with Crippen LogP contribution in [0.15, 0.2) is 32.8 Å². The molecule has 0 saturated carbocycles. The van der Waals surface area contributed by atoms with Crippen LogP contribution in [0.2, 0.25) is 0 Å². The Morgan fingerprint density at radius 1 is 1.41 bits per heavy atom. The van der Waals surface area contributed by atoms with Gasteiger partial charge in [0.05, 0.1) is 18.1 Å². The van der Waals surface area contributed by atoms with Crippen LogP contribution in [-0.2, 0) is 11.3 Å². The molecule has 1 atom stereocenters. The number of furan rings is 1. The maximum atomic E-state index is 12.3. The number of nitrogens with zero attached hydrogens (tertiary/aromatic N) is 3. The maximum Gasteiger partial charge on any atom is 0.343 e. The number of H-pyrrole nitrogens is 1. The molecule has 0 spiro atoms. The molecule has 0 bridgehead atoms. The van der Waals surface area contributed by atoms with E-state index in [4.69, 9.17) is 4.42 Å². The third kappa shape index (κ3) is 6.00. The van der Waals surface area contributed by atoms with Gasteiger partial charge in [-0.1, -0.05) is 39.0 Å². The number of thioether (sulfide) groups is 1. The Hall–Kier alpha value is -2.00. The van der Waals surface area contributed by atoms with E-state index >= 15 is 0 Å². The van der Waals surface area contributed by atoms with Crippen LogP contribution in [0.25, 0.3) is 0 Å². The monoisotopic (exact) mass is 395 g/mol. The Labute approximate surface area is 163 Å². The van der Waals surface area contributed by atoms with Gasteiger partial charge in [0.1, 0.15) is 5.76 Å². The third-order valence-corrected chi connectivity index (χ3v) is 5.38. The van der Waals surface area contributed by atoms with Crippen LogP contribution in [0.3, 0.4) is 0 Å². The van der Waals surface area contributed by atoms with E-state index in [0.29, 0.717) is 18.2 Å². The molecule has 0 saturated heterocycles. The molecule has 150 valence electrons. The molecule has 0 aliphatic carbocycles. The molecule has 8 nitrogen and oxygen atoms in total. The van der Waals surface area contributed by atoms with Gasteiger partial charge in [-0.15, -0.1) is 5.10 Å². The van der Waals surface area contributed by atoms with E-state index in [2.05, 4.69) is 41.2 Å². The lowest BCUT2D eigenvalue weighted by Crippen LogP contribution is -2.38. The summed E-state index contributed by atoms with van der Waals surface area (Å²) in [5.74, 6) is 0.952. The molecular weight excluding hydrogens is 366 g/mol. The molecule has 2 N–H and O–H groups in total. The van der Waals surface area contributed by atoms with Crippen LogP contribution in [0, 0.1) is 0 Å². The van der Waals surface area contributed by atoms with Crippen molar-refractivity contribution >= 4 is 17.7 Å². The van der Waals surface area contributed by atoms with Crippen molar-refractivity contribution in [3.05, 3.63) is 34.6 Å². The van der Waals surface area contributed by atoms with Gasteiger partial charge in [-0.2, -0.15) is 0 Å². The van der Waals surface area contributed by atoms with Gasteiger partial charge >= 0.3 is 5.69 Å². The maximum absolute atomic E-state index is 12.3. The van der Waals surface area contributed by atoms with Crippen molar-refractivity contribution in [3.63, 3.8) is 0 Å². The molecule has 0 aromatic carbocycles. The van der Waals surface area contributed by atoms with Gasteiger partial charge in [0, 0.05) is 13.1 Å². The minimum Gasteiger partial charge on any atom is -0.468 e. The predicted molar refractivity (Wildman–Crippen MR) is 106 cm³/mol. The molecule has 0 aliphatic heterocycles. The summed E-state index contributed by atoms with van der Waals surface area (Å²) in [5, 5.41) is 9.99. The van der Waals surface area contributed by atoms with Crippen LogP contribution >= 0.6 is 11.8 Å². The molecule has 2 aromatic heterocycles. The number of aromatic nitrogens is 3. The van der Waals surface area contributed by atoms with E-state index < -0.39 is 0 Å². The van der Waals surface area contributed by atoms with Crippen molar-refractivity contribution in [3.8, 4) is 0 Å². The van der Waals surface area contributed by atoms with Crippen LogP contribution < -0.4 is 11.0 Å². The zero-order chi connectivity index (χ0) is 19.6. The first-order chi connectivity index (χ1) is 13.1. The van der Waals surface area contributed by atoms with Gasteiger partial charge in [0.15, 0.2) is 5.16 Å². The largest absolute Gasteiger partial charge is 0.468 e. The molecular formula is C18H29N5O3S. The Bertz CT molecular complexity index is 737. The minimum atomic E-state index is -0.231. The summed E-state index contributed by atoms with van der Waals surface area (Å²) in [6.45, 7) is 9.05. The average Bonchev–Trinajstić information content (AvgIpc) is 3.32. The summed E-state index contributed by atoms with van der Waals surface area (Å²) in [4.78, 5) is 26.3. The highest BCUT2D eigenvalue weighted by molar-refractivity contribution is 7.99. The van der Waals surface area contributed by atoms with Gasteiger partial charge in [-0.3, -0.25) is 14.3 Å². The van der Waals surface area contributed by atoms with Crippen molar-refractivity contribution < 1.29 is 9.21 Å². The Balaban J connectivity index is 1.90. The zero-order valence-electron chi connectivity index (χ0n) is 16.2. The van der Waals surface area contributed by atoms with Gasteiger partial charge in [-0.05, 0) is 31.6 Å². The molecule has 2 rings (SSSR count). The molecule has 0 fully saturated rings. The normalized spacial score (nSPS) is 12.4. The lowest BCUT2D eigenvalue weighted by atomic mass is 10.2. The summed E-state index contributed by atoms with van der Waals surface area (Å²) < 4.78 is 7.13. The van der Waals surface area contributed by atoms with Crippen molar-refractivity contribution in [2.24, 2.45) is 0 Å². The lowest BCUT2D eigenvalue weighted by Gasteiger charge is -2.28. The SMILES string of the molecule is CCCCn1c(SCC(=O)NCC(c2ccco2)N(CC)CC)n[nH]c1=O. The first-order valence-electron chi connectivity index (χ1n) is 9.42. The summed E-state index contributed by atoms with van der Waals surface area (Å²) >= 11 is 1.27. The standard InChI is InChI=1S/C18H29N5O3S/c1-4-7-10-23-17(25)20-21-18(23)27-13-16(24)19-12-14(22(5-2)6-3)15-9-8-11-26-15/h8-9,11,14H,4-7,10,12-13H2,1-3H3,(H,19,24)(H,20,25). The second-order valence-electron chi connectivity index (χ2n) is 6.16. The summed E-state index contributed by atoms with van der Waals surface area (Å²) in [7, 11) is 0. The van der Waals surface area contributed by atoms with Gasteiger partial charge in [0.2, 0.25) is 5.91 Å². The number of amides is 1. The minimum absolute atomic E-state index is 0.00271. The van der Waals surface area contributed by atoms with E-state index in [0.717, 1.165) is 31.7 Å². The molecule has 1 unspecified atom stereocenters. The molecule has 1 amide bonds. The summed E-state index contributed by atoms with van der Waals surface area (Å²) in [6.07, 6.45) is 3.53. The molecule has 0 aliphatic rings. The second kappa shape index (κ2) is 11.0. The average molecular weight is 396 g/mol. The predicted octanol–water partition coefficient (Wildman–Crippen LogP) is 2.26. The van der Waals surface area contributed by atoms with Gasteiger partial charge < -0.3 is 9.73 Å². The van der Waals surface area contributed by atoms with Crippen LogP contribution in [-0.4, -0.2) is 51.0 Å². The highest BCUT2D eigenvalue weighted by Gasteiger charge is 2.21. The van der Waals surface area contributed by atoms with Crippen molar-refractivity contribution in [1.29, 1.82) is 0 Å². The van der Waals surface area contributed by atoms with Crippen molar-refractivity contribution in [2.45, 2.75) is 51.4 Å². The molecule has 9 heteroatoms. The first kappa shape index (κ1) is 21.3. The fourth-order valence-corrected chi connectivity index (χ4v) is 3.68. The Kier molecular flexibility index (Phi) is 8.66. The highest BCUT2D eigenvalue weighted by Crippen LogP contribution is 2.20. The number of nitrogens with one attached hydrogen (secondary N) is 2. The molecule has 0 radical (unpaired) electrons. The molecule has 2 heterocycles. The van der Waals surface area contributed by atoms with Gasteiger partial charge in [0.25, 0.3) is 0 Å². The molecule has 27 heavy (non-hydrogen) atoms. The number of unbranched alkanes of at least 4 members (excludes halogenated alkanes) is 1. The van der Waals surface area contributed by atoms with E-state index in [-0.39, 0.29) is 23.4 Å². The number of hydrogen-bond acceptors (Lipinski definition) is 6. The fraction of sp³-hybridized carbons (Fsp3) is 0.611. The van der Waals surface area contributed by atoms with E-state index in [1.54, 1.807) is 10.8 Å². The van der Waals surface area contributed by atoms with Gasteiger partial charge in [-0.25, -0.2) is 9.89 Å². The number of rotatable bonds is 12. The van der Waals surface area contributed by atoms with Crippen molar-refractivity contribution in [1.82, 2.24) is 25.0 Å². The number of likely N-dealkylation sites (N-methyl/N-ethyl adjacent to an activating group) is 1. The van der Waals surface area contributed by atoms with E-state index in [1.165, 1.54) is 11.8 Å². The third-order valence-electron chi connectivity index (χ3n) is 4.41. The zero-order valence-corrected chi connectivity index (χ0v) is 17.1. The summed E-state index contributed by atoms with van der Waals surface area (Å²) in [5.41, 5.74) is -0.231. The first-order valence-corrected chi connectivity index (χ1v) is 10.4. The van der Waals surface area contributed by atoms with Crippen LogP contribution in [0.5, 0.6) is 0 Å². The lowest BCUT2D eigenvalue weighted by molar-refractivity contribution is -0.118. The number of aromatic amines is 1. The number of carbonyl (C=O) groups excluding carboxylic acids is 1. The smallest absolute Gasteiger partial charge is 0.343 e. The van der Waals surface area contributed by atoms with Crippen LogP contribution in [0.1, 0.15) is 45.4 Å². The molecule has 2 aromatic rings. The van der Waals surface area contributed by atoms with Crippen LogP contribution in [0.4, 0.5) is 0 Å². The Morgan fingerprint density at radius 3 is 2.81 bits per heavy atom.